The molecule has 4 rings (SSSR count). The molecule has 2 heterocycles. The number of fused-ring (bicyclic) bond motifs is 1. The van der Waals surface area contributed by atoms with Crippen molar-refractivity contribution in [2.75, 3.05) is 23.8 Å². The zero-order valence-corrected chi connectivity index (χ0v) is 14.7. The number of hydrogen-bond donors (Lipinski definition) is 2. The fourth-order valence-corrected chi connectivity index (χ4v) is 3.39. The van der Waals surface area contributed by atoms with E-state index >= 15 is 0 Å². The van der Waals surface area contributed by atoms with Crippen LogP contribution in [-0.2, 0) is 0 Å². The molecule has 0 saturated heterocycles. The minimum Gasteiger partial charge on any atom is -0.486 e. The van der Waals surface area contributed by atoms with Crippen molar-refractivity contribution < 1.29 is 14.3 Å². The molecule has 0 radical (unpaired) electrons. The third-order valence-corrected chi connectivity index (χ3v) is 4.78. The zero-order chi connectivity index (χ0) is 17.8. The van der Waals surface area contributed by atoms with Gasteiger partial charge in [0, 0.05) is 24.0 Å². The number of nitrogens with one attached hydrogen (secondary N) is 2. The highest BCUT2D eigenvalue weighted by molar-refractivity contribution is 6.04. The number of anilines is 2. The number of hydrogen-bond acceptors (Lipinski definition) is 5. The molecule has 2 aromatic rings. The van der Waals surface area contributed by atoms with Gasteiger partial charge in [0.15, 0.2) is 11.5 Å². The van der Waals surface area contributed by atoms with E-state index in [0.717, 1.165) is 5.82 Å². The van der Waals surface area contributed by atoms with E-state index < -0.39 is 0 Å². The molecule has 1 saturated carbocycles. The van der Waals surface area contributed by atoms with Crippen LogP contribution in [0.25, 0.3) is 0 Å². The Morgan fingerprint density at radius 2 is 1.81 bits per heavy atom. The SMILES string of the molecule is O=C(Nc1ccc2c(c1)OCCO2)c1ccc(NC2CCCCC2)nc1. The quantitative estimate of drug-likeness (QED) is 0.873. The van der Waals surface area contributed by atoms with E-state index in [9.17, 15) is 4.79 Å². The Kier molecular flexibility index (Phi) is 4.91. The number of carbonyl (C=O) groups is 1. The topological polar surface area (TPSA) is 72.5 Å². The molecular weight excluding hydrogens is 330 g/mol. The largest absolute Gasteiger partial charge is 0.486 e. The van der Waals surface area contributed by atoms with Gasteiger partial charge in [-0.3, -0.25) is 4.79 Å². The van der Waals surface area contributed by atoms with Crippen LogP contribution in [0.2, 0.25) is 0 Å². The van der Waals surface area contributed by atoms with E-state index in [4.69, 9.17) is 9.47 Å². The molecule has 6 heteroatoms. The van der Waals surface area contributed by atoms with Gasteiger partial charge in [0.05, 0.1) is 5.56 Å². The van der Waals surface area contributed by atoms with E-state index in [1.54, 1.807) is 30.5 Å². The van der Waals surface area contributed by atoms with E-state index in [1.807, 2.05) is 6.07 Å². The van der Waals surface area contributed by atoms with E-state index in [1.165, 1.54) is 32.1 Å². The van der Waals surface area contributed by atoms with Crippen LogP contribution in [0.5, 0.6) is 11.5 Å². The van der Waals surface area contributed by atoms with Gasteiger partial charge in [-0.05, 0) is 37.1 Å². The smallest absolute Gasteiger partial charge is 0.257 e. The van der Waals surface area contributed by atoms with Crippen LogP contribution in [0.3, 0.4) is 0 Å². The first-order valence-electron chi connectivity index (χ1n) is 9.21. The monoisotopic (exact) mass is 353 g/mol. The summed E-state index contributed by atoms with van der Waals surface area (Å²) in [4.78, 5) is 16.8. The first kappa shape index (κ1) is 16.7. The van der Waals surface area contributed by atoms with Gasteiger partial charge in [0.25, 0.3) is 5.91 Å². The molecule has 0 unspecified atom stereocenters. The number of pyridine rings is 1. The molecule has 0 spiro atoms. The normalized spacial score (nSPS) is 16.8. The van der Waals surface area contributed by atoms with Crippen molar-refractivity contribution in [1.29, 1.82) is 0 Å². The lowest BCUT2D eigenvalue weighted by molar-refractivity contribution is 0.102. The summed E-state index contributed by atoms with van der Waals surface area (Å²) in [5, 5.41) is 6.33. The van der Waals surface area contributed by atoms with Crippen molar-refractivity contribution in [2.45, 2.75) is 38.1 Å². The molecule has 2 N–H and O–H groups in total. The van der Waals surface area contributed by atoms with Gasteiger partial charge in [-0.15, -0.1) is 0 Å². The first-order valence-corrected chi connectivity index (χ1v) is 9.21. The molecule has 1 fully saturated rings. The Hall–Kier alpha value is -2.76. The summed E-state index contributed by atoms with van der Waals surface area (Å²) in [5.74, 6) is 1.99. The highest BCUT2D eigenvalue weighted by Gasteiger charge is 2.15. The molecule has 1 amide bonds. The maximum absolute atomic E-state index is 12.4. The third kappa shape index (κ3) is 3.90. The van der Waals surface area contributed by atoms with Crippen molar-refractivity contribution in [3.63, 3.8) is 0 Å². The summed E-state index contributed by atoms with van der Waals surface area (Å²) < 4.78 is 11.0. The lowest BCUT2D eigenvalue weighted by Gasteiger charge is -2.23. The van der Waals surface area contributed by atoms with Crippen molar-refractivity contribution >= 4 is 17.4 Å². The Labute approximate surface area is 152 Å². The summed E-state index contributed by atoms with van der Waals surface area (Å²) in [6.45, 7) is 1.06. The summed E-state index contributed by atoms with van der Waals surface area (Å²) in [7, 11) is 0. The molecule has 2 aliphatic rings. The molecule has 1 aliphatic heterocycles. The predicted octanol–water partition coefficient (Wildman–Crippen LogP) is 3.85. The molecule has 1 aromatic heterocycles. The highest BCUT2D eigenvalue weighted by atomic mass is 16.6. The van der Waals surface area contributed by atoms with Crippen LogP contribution in [0, 0.1) is 0 Å². The minimum atomic E-state index is -0.196. The molecule has 0 bridgehead atoms. The van der Waals surface area contributed by atoms with Crippen LogP contribution in [0.1, 0.15) is 42.5 Å². The Balaban J connectivity index is 1.38. The van der Waals surface area contributed by atoms with Gasteiger partial charge in [0.2, 0.25) is 0 Å². The molecule has 1 aliphatic carbocycles. The number of carbonyl (C=O) groups excluding carboxylic acids is 1. The molecule has 1 aromatic carbocycles. The standard InChI is InChI=1S/C20H23N3O3/c24-20(23-16-7-8-17-18(12-16)26-11-10-25-17)14-6-9-19(21-13-14)22-15-4-2-1-3-5-15/h6-9,12-13,15H,1-5,10-11H2,(H,21,22)(H,23,24). The predicted molar refractivity (Wildman–Crippen MR) is 100 cm³/mol. The van der Waals surface area contributed by atoms with Crippen molar-refractivity contribution in [2.24, 2.45) is 0 Å². The van der Waals surface area contributed by atoms with Crippen LogP contribution in [0.4, 0.5) is 11.5 Å². The number of benzene rings is 1. The van der Waals surface area contributed by atoms with Gasteiger partial charge in [0.1, 0.15) is 19.0 Å². The fourth-order valence-electron chi connectivity index (χ4n) is 3.39. The van der Waals surface area contributed by atoms with Gasteiger partial charge < -0.3 is 20.1 Å². The third-order valence-electron chi connectivity index (χ3n) is 4.78. The highest BCUT2D eigenvalue weighted by Crippen LogP contribution is 2.32. The Morgan fingerprint density at radius 1 is 1.00 bits per heavy atom. The second kappa shape index (κ2) is 7.64. The molecule has 0 atom stereocenters. The van der Waals surface area contributed by atoms with Gasteiger partial charge >= 0.3 is 0 Å². The zero-order valence-electron chi connectivity index (χ0n) is 14.7. The fraction of sp³-hybridized carbons (Fsp3) is 0.400. The maximum atomic E-state index is 12.4. The maximum Gasteiger partial charge on any atom is 0.257 e. The second-order valence-corrected chi connectivity index (χ2v) is 6.72. The molecular formula is C20H23N3O3. The number of ether oxygens (including phenoxy) is 2. The van der Waals surface area contributed by atoms with Crippen LogP contribution >= 0.6 is 0 Å². The first-order chi connectivity index (χ1) is 12.8. The summed E-state index contributed by atoms with van der Waals surface area (Å²) >= 11 is 0. The van der Waals surface area contributed by atoms with Crippen LogP contribution < -0.4 is 20.1 Å². The Bertz CT molecular complexity index is 770. The minimum absolute atomic E-state index is 0.196. The molecule has 6 nitrogen and oxygen atoms in total. The number of aromatic nitrogens is 1. The number of amides is 1. The van der Waals surface area contributed by atoms with Gasteiger partial charge in [-0.1, -0.05) is 19.3 Å². The molecule has 26 heavy (non-hydrogen) atoms. The molecule has 136 valence electrons. The van der Waals surface area contributed by atoms with E-state index in [2.05, 4.69) is 15.6 Å². The lowest BCUT2D eigenvalue weighted by Crippen LogP contribution is -2.23. The number of nitrogens with zero attached hydrogens (tertiary/aromatic N) is 1. The Morgan fingerprint density at radius 3 is 2.58 bits per heavy atom. The number of rotatable bonds is 4. The summed E-state index contributed by atoms with van der Waals surface area (Å²) in [5.41, 5.74) is 1.19. The summed E-state index contributed by atoms with van der Waals surface area (Å²) in [6, 6.07) is 9.54. The van der Waals surface area contributed by atoms with Gasteiger partial charge in [-0.25, -0.2) is 4.98 Å². The van der Waals surface area contributed by atoms with Crippen LogP contribution in [0.15, 0.2) is 36.5 Å². The van der Waals surface area contributed by atoms with Gasteiger partial charge in [-0.2, -0.15) is 0 Å². The van der Waals surface area contributed by atoms with Crippen molar-refractivity contribution in [1.82, 2.24) is 4.98 Å². The van der Waals surface area contributed by atoms with Crippen LogP contribution in [-0.4, -0.2) is 30.1 Å². The van der Waals surface area contributed by atoms with Crippen molar-refractivity contribution in [3.8, 4) is 11.5 Å². The summed E-state index contributed by atoms with van der Waals surface area (Å²) in [6.07, 6.45) is 7.85. The average Bonchev–Trinajstić information content (AvgIpc) is 2.69. The lowest BCUT2D eigenvalue weighted by atomic mass is 9.95. The van der Waals surface area contributed by atoms with E-state index in [-0.39, 0.29) is 5.91 Å². The van der Waals surface area contributed by atoms with Crippen molar-refractivity contribution in [3.05, 3.63) is 42.1 Å². The second-order valence-electron chi connectivity index (χ2n) is 6.72. The average molecular weight is 353 g/mol. The van der Waals surface area contributed by atoms with E-state index in [0.29, 0.717) is 42.0 Å².